The van der Waals surface area contributed by atoms with Gasteiger partial charge in [-0.15, -0.1) is 0 Å². The molecular formula is C6H6. The Morgan fingerprint density at radius 2 is 2.50 bits per heavy atom. The third kappa shape index (κ3) is 0.162. The van der Waals surface area contributed by atoms with Gasteiger partial charge in [-0.1, -0.05) is 17.7 Å². The Bertz CT molecular complexity index is 138. The van der Waals surface area contributed by atoms with Gasteiger partial charge in [0.15, 0.2) is 0 Å². The second kappa shape index (κ2) is 0.604. The van der Waals surface area contributed by atoms with Crippen LogP contribution < -0.4 is 0 Å². The number of hydrogen-bond acceptors (Lipinski definition) is 0. The Hall–Kier alpha value is -0.520. The number of hydrogen-bond donors (Lipinski definition) is 0. The van der Waals surface area contributed by atoms with E-state index in [1.54, 1.807) is 11.1 Å². The van der Waals surface area contributed by atoms with Crippen molar-refractivity contribution in [1.29, 1.82) is 0 Å². The van der Waals surface area contributed by atoms with E-state index >= 15 is 0 Å². The zero-order valence-electron chi connectivity index (χ0n) is 3.57. The molecule has 0 bridgehead atoms. The van der Waals surface area contributed by atoms with Crippen molar-refractivity contribution in [2.45, 2.75) is 12.8 Å². The normalized spacial score (nSPS) is 25.3. The first-order valence-electron chi connectivity index (χ1n) is 2.34. The first-order valence-corrected chi connectivity index (χ1v) is 2.34. The Labute approximate surface area is 37.2 Å². The van der Waals surface area contributed by atoms with Crippen molar-refractivity contribution in [2.75, 3.05) is 0 Å². The molecule has 30 valence electrons. The SMILES string of the molecule is C1=CC2=C(C1)C2. The van der Waals surface area contributed by atoms with Crippen molar-refractivity contribution in [2.24, 2.45) is 0 Å². The van der Waals surface area contributed by atoms with Crippen LogP contribution in [-0.2, 0) is 0 Å². The first kappa shape index (κ1) is 2.62. The molecule has 2 aliphatic carbocycles. The minimum Gasteiger partial charge on any atom is -0.0802 e. The van der Waals surface area contributed by atoms with Gasteiger partial charge in [-0.05, 0) is 18.4 Å². The summed E-state index contributed by atoms with van der Waals surface area (Å²) in [5, 5.41) is 0. The molecule has 0 heteroatoms. The maximum Gasteiger partial charge on any atom is -0.00584 e. The molecule has 0 aromatic heterocycles. The van der Waals surface area contributed by atoms with Gasteiger partial charge in [0.05, 0.1) is 0 Å². The molecule has 0 spiro atoms. The third-order valence-electron chi connectivity index (χ3n) is 1.42. The predicted octanol–water partition coefficient (Wildman–Crippen LogP) is 1.65. The Kier molecular flexibility index (Phi) is 0.264. The minimum absolute atomic E-state index is 1.26. The first-order chi connectivity index (χ1) is 2.97. The van der Waals surface area contributed by atoms with Crippen molar-refractivity contribution < 1.29 is 0 Å². The third-order valence-corrected chi connectivity index (χ3v) is 1.42. The highest BCUT2D eigenvalue weighted by molar-refractivity contribution is 5.49. The zero-order chi connectivity index (χ0) is 3.98. The van der Waals surface area contributed by atoms with Crippen molar-refractivity contribution in [3.05, 3.63) is 23.3 Å². The summed E-state index contributed by atoms with van der Waals surface area (Å²) in [7, 11) is 0. The Morgan fingerprint density at radius 3 is 2.67 bits per heavy atom. The van der Waals surface area contributed by atoms with Gasteiger partial charge in [-0.2, -0.15) is 0 Å². The summed E-state index contributed by atoms with van der Waals surface area (Å²) >= 11 is 0. The molecule has 0 atom stereocenters. The van der Waals surface area contributed by atoms with Gasteiger partial charge in [0.1, 0.15) is 0 Å². The molecule has 0 N–H and O–H groups in total. The molecule has 0 saturated carbocycles. The van der Waals surface area contributed by atoms with Crippen LogP contribution in [0.3, 0.4) is 0 Å². The van der Waals surface area contributed by atoms with E-state index in [-0.39, 0.29) is 0 Å². The lowest BCUT2D eigenvalue weighted by atomic mass is 10.3. The standard InChI is InChI=1S/C6H6/c1-2-5-4-6(5)3-1/h1-2H,3-4H2. The van der Waals surface area contributed by atoms with Crippen LogP contribution in [0.4, 0.5) is 0 Å². The molecule has 0 aliphatic heterocycles. The topological polar surface area (TPSA) is 0 Å². The summed E-state index contributed by atoms with van der Waals surface area (Å²) < 4.78 is 0. The fourth-order valence-corrected chi connectivity index (χ4v) is 0.909. The molecule has 0 nitrogen and oxygen atoms in total. The molecule has 6 heavy (non-hydrogen) atoms. The van der Waals surface area contributed by atoms with Crippen LogP contribution in [0.15, 0.2) is 23.3 Å². The van der Waals surface area contributed by atoms with Gasteiger partial charge >= 0.3 is 0 Å². The molecule has 0 radical (unpaired) electrons. The van der Waals surface area contributed by atoms with E-state index in [2.05, 4.69) is 12.2 Å². The summed E-state index contributed by atoms with van der Waals surface area (Å²) in [6.45, 7) is 0. The van der Waals surface area contributed by atoms with Crippen molar-refractivity contribution >= 4 is 0 Å². The average Bonchev–Trinajstić information content (AvgIpc) is 2.17. The lowest BCUT2D eigenvalue weighted by molar-refractivity contribution is 1.26. The van der Waals surface area contributed by atoms with E-state index in [4.69, 9.17) is 0 Å². The smallest absolute Gasteiger partial charge is 0.00584 e. The van der Waals surface area contributed by atoms with Crippen LogP contribution in [0.5, 0.6) is 0 Å². The monoisotopic (exact) mass is 78.0 g/mol. The summed E-state index contributed by atoms with van der Waals surface area (Å²) in [6, 6.07) is 0. The fourth-order valence-electron chi connectivity index (χ4n) is 0.909. The molecule has 0 aromatic rings. The summed E-state index contributed by atoms with van der Waals surface area (Å²) in [5.74, 6) is 0. The molecule has 0 amide bonds. The van der Waals surface area contributed by atoms with E-state index < -0.39 is 0 Å². The summed E-state index contributed by atoms with van der Waals surface area (Å²) in [6.07, 6.45) is 7.05. The van der Waals surface area contributed by atoms with Gasteiger partial charge in [-0.25, -0.2) is 0 Å². The van der Waals surface area contributed by atoms with Crippen LogP contribution in [-0.4, -0.2) is 0 Å². The second-order valence-corrected chi connectivity index (χ2v) is 1.91. The maximum absolute atomic E-state index is 2.23. The van der Waals surface area contributed by atoms with Gasteiger partial charge in [0, 0.05) is 0 Å². The highest BCUT2D eigenvalue weighted by atomic mass is 14.2. The Morgan fingerprint density at radius 1 is 1.50 bits per heavy atom. The molecule has 2 rings (SSSR count). The van der Waals surface area contributed by atoms with Crippen molar-refractivity contribution in [3.63, 3.8) is 0 Å². The van der Waals surface area contributed by atoms with Gasteiger partial charge in [-0.3, -0.25) is 0 Å². The quantitative estimate of drug-likeness (QED) is 0.413. The van der Waals surface area contributed by atoms with Gasteiger partial charge < -0.3 is 0 Å². The average molecular weight is 78.1 g/mol. The molecule has 0 heterocycles. The van der Waals surface area contributed by atoms with Gasteiger partial charge in [0.2, 0.25) is 0 Å². The van der Waals surface area contributed by atoms with E-state index in [1.807, 2.05) is 0 Å². The van der Waals surface area contributed by atoms with E-state index in [9.17, 15) is 0 Å². The molecule has 0 saturated heterocycles. The lowest BCUT2D eigenvalue weighted by Gasteiger charge is -1.74. The molecule has 0 aromatic carbocycles. The summed E-state index contributed by atoms with van der Waals surface area (Å²) in [5.41, 5.74) is 3.28. The maximum atomic E-state index is 2.23. The molecule has 0 fully saturated rings. The highest BCUT2D eigenvalue weighted by Gasteiger charge is 2.20. The lowest BCUT2D eigenvalue weighted by Crippen LogP contribution is -1.55. The summed E-state index contributed by atoms with van der Waals surface area (Å²) in [4.78, 5) is 0. The van der Waals surface area contributed by atoms with Crippen LogP contribution in [0.1, 0.15) is 12.8 Å². The highest BCUT2D eigenvalue weighted by Crippen LogP contribution is 2.39. The van der Waals surface area contributed by atoms with Crippen LogP contribution in [0, 0.1) is 0 Å². The van der Waals surface area contributed by atoms with Crippen LogP contribution >= 0.6 is 0 Å². The predicted molar refractivity (Wildman–Crippen MR) is 25.4 cm³/mol. The fraction of sp³-hybridized carbons (Fsp3) is 0.333. The van der Waals surface area contributed by atoms with Gasteiger partial charge in [0.25, 0.3) is 0 Å². The largest absolute Gasteiger partial charge is 0.0802 e. The number of rotatable bonds is 0. The minimum atomic E-state index is 1.26. The van der Waals surface area contributed by atoms with E-state index in [0.29, 0.717) is 0 Å². The second-order valence-electron chi connectivity index (χ2n) is 1.91. The van der Waals surface area contributed by atoms with Crippen molar-refractivity contribution in [3.8, 4) is 0 Å². The molecule has 0 unspecified atom stereocenters. The van der Waals surface area contributed by atoms with Crippen LogP contribution in [0.2, 0.25) is 0 Å². The molecular weight excluding hydrogens is 72.1 g/mol. The van der Waals surface area contributed by atoms with Crippen LogP contribution in [0.25, 0.3) is 0 Å². The molecule has 2 aliphatic rings. The number of allylic oxidation sites excluding steroid dienone is 4. The van der Waals surface area contributed by atoms with Crippen molar-refractivity contribution in [1.82, 2.24) is 0 Å². The van der Waals surface area contributed by atoms with E-state index in [0.717, 1.165) is 0 Å². The van der Waals surface area contributed by atoms with E-state index in [1.165, 1.54) is 12.8 Å². The Balaban J connectivity index is 2.48. The zero-order valence-corrected chi connectivity index (χ0v) is 3.57.